The first-order chi connectivity index (χ1) is 14.9. The first kappa shape index (κ1) is 22.3. The van der Waals surface area contributed by atoms with E-state index in [0.29, 0.717) is 5.76 Å². The molecule has 0 bridgehead atoms. The molecule has 0 aliphatic carbocycles. The number of ether oxygens (including phenoxy) is 1. The van der Waals surface area contributed by atoms with E-state index in [-0.39, 0.29) is 23.4 Å². The van der Waals surface area contributed by atoms with Gasteiger partial charge in [0.15, 0.2) is 0 Å². The largest absolute Gasteiger partial charge is 0.468 e. The highest BCUT2D eigenvalue weighted by atomic mass is 32.2. The van der Waals surface area contributed by atoms with Crippen LogP contribution in [0.25, 0.3) is 0 Å². The molecule has 0 unspecified atom stereocenters. The molecule has 0 radical (unpaired) electrons. The normalized spacial score (nSPS) is 12.2. The standard InChI is InChI=1S/C22H22N2O6S/c1-29-22(26)20(14-16-6-3-2-4-7-16)24-21(25)17-9-11-19(12-10-17)31(27,28)23-15-18-8-5-13-30-18/h2-13,20,23H,14-15H2,1H3,(H,24,25)/t20-/m0/s1. The number of amides is 1. The predicted octanol–water partition coefficient (Wildman–Crippen LogP) is 2.27. The lowest BCUT2D eigenvalue weighted by Gasteiger charge is -2.17. The van der Waals surface area contributed by atoms with Crippen molar-refractivity contribution in [2.24, 2.45) is 0 Å². The third kappa shape index (κ3) is 6.03. The number of esters is 1. The Morgan fingerprint density at radius 3 is 2.32 bits per heavy atom. The van der Waals surface area contributed by atoms with Crippen molar-refractivity contribution in [3.63, 3.8) is 0 Å². The minimum absolute atomic E-state index is 0.00408. The third-order valence-corrected chi connectivity index (χ3v) is 5.93. The second kappa shape index (κ2) is 10.1. The van der Waals surface area contributed by atoms with Gasteiger partial charge < -0.3 is 14.5 Å². The molecule has 31 heavy (non-hydrogen) atoms. The van der Waals surface area contributed by atoms with Crippen molar-refractivity contribution in [3.05, 3.63) is 89.9 Å². The van der Waals surface area contributed by atoms with Crippen LogP contribution in [-0.2, 0) is 32.5 Å². The lowest BCUT2D eigenvalue weighted by atomic mass is 10.1. The van der Waals surface area contributed by atoms with E-state index in [1.54, 1.807) is 12.1 Å². The molecule has 8 nitrogen and oxygen atoms in total. The number of hydrogen-bond acceptors (Lipinski definition) is 6. The van der Waals surface area contributed by atoms with Crippen molar-refractivity contribution in [1.29, 1.82) is 0 Å². The Bertz CT molecular complexity index is 1110. The number of nitrogens with one attached hydrogen (secondary N) is 2. The highest BCUT2D eigenvalue weighted by Crippen LogP contribution is 2.13. The van der Waals surface area contributed by atoms with Crippen molar-refractivity contribution in [1.82, 2.24) is 10.0 Å². The number of carbonyl (C=O) groups excluding carboxylic acids is 2. The molecular formula is C22H22N2O6S. The summed E-state index contributed by atoms with van der Waals surface area (Å²) < 4.78 is 37.1. The molecule has 162 valence electrons. The summed E-state index contributed by atoms with van der Waals surface area (Å²) in [5.74, 6) is -0.607. The zero-order valence-electron chi connectivity index (χ0n) is 16.8. The molecule has 9 heteroatoms. The van der Waals surface area contributed by atoms with Gasteiger partial charge in [0.25, 0.3) is 5.91 Å². The Morgan fingerprint density at radius 1 is 1.00 bits per heavy atom. The monoisotopic (exact) mass is 442 g/mol. The van der Waals surface area contributed by atoms with Gasteiger partial charge in [-0.3, -0.25) is 4.79 Å². The van der Waals surface area contributed by atoms with Gasteiger partial charge in [0.1, 0.15) is 11.8 Å². The quantitative estimate of drug-likeness (QED) is 0.492. The van der Waals surface area contributed by atoms with Gasteiger partial charge in [-0.2, -0.15) is 0 Å². The number of benzene rings is 2. The Hall–Kier alpha value is -3.43. The molecule has 2 aromatic carbocycles. The molecule has 1 amide bonds. The van der Waals surface area contributed by atoms with Crippen LogP contribution in [0.2, 0.25) is 0 Å². The molecule has 1 heterocycles. The van der Waals surface area contributed by atoms with Gasteiger partial charge in [-0.1, -0.05) is 30.3 Å². The van der Waals surface area contributed by atoms with Crippen LogP contribution in [0.3, 0.4) is 0 Å². The molecule has 1 aromatic heterocycles. The van der Waals surface area contributed by atoms with Gasteiger partial charge in [0, 0.05) is 12.0 Å². The van der Waals surface area contributed by atoms with Crippen molar-refractivity contribution >= 4 is 21.9 Å². The minimum atomic E-state index is -3.78. The Morgan fingerprint density at radius 2 is 1.71 bits per heavy atom. The maximum Gasteiger partial charge on any atom is 0.328 e. The molecule has 3 rings (SSSR count). The number of rotatable bonds is 9. The van der Waals surface area contributed by atoms with Crippen LogP contribution < -0.4 is 10.0 Å². The second-order valence-corrected chi connectivity index (χ2v) is 8.43. The van der Waals surface area contributed by atoms with Crippen LogP contribution in [0.4, 0.5) is 0 Å². The van der Waals surface area contributed by atoms with E-state index >= 15 is 0 Å². The number of sulfonamides is 1. The Kier molecular flexibility index (Phi) is 7.22. The van der Waals surface area contributed by atoms with E-state index in [1.165, 1.54) is 37.6 Å². The smallest absolute Gasteiger partial charge is 0.328 e. The summed E-state index contributed by atoms with van der Waals surface area (Å²) in [4.78, 5) is 24.7. The van der Waals surface area contributed by atoms with Crippen molar-refractivity contribution in [2.75, 3.05) is 7.11 Å². The number of furan rings is 1. The van der Waals surface area contributed by atoms with Crippen molar-refractivity contribution < 1.29 is 27.2 Å². The lowest BCUT2D eigenvalue weighted by Crippen LogP contribution is -2.43. The molecule has 0 saturated carbocycles. The first-order valence-electron chi connectivity index (χ1n) is 9.44. The summed E-state index contributed by atoms with van der Waals surface area (Å²) in [6.07, 6.45) is 1.72. The summed E-state index contributed by atoms with van der Waals surface area (Å²) in [6.45, 7) is 0.0118. The second-order valence-electron chi connectivity index (χ2n) is 6.67. The van der Waals surface area contributed by atoms with Gasteiger partial charge >= 0.3 is 5.97 Å². The van der Waals surface area contributed by atoms with Crippen LogP contribution >= 0.6 is 0 Å². The maximum atomic E-state index is 12.6. The Balaban J connectivity index is 1.67. The molecule has 2 N–H and O–H groups in total. The molecule has 3 aromatic rings. The lowest BCUT2D eigenvalue weighted by molar-refractivity contribution is -0.142. The zero-order chi connectivity index (χ0) is 22.3. The van der Waals surface area contributed by atoms with Crippen LogP contribution in [-0.4, -0.2) is 33.4 Å². The van der Waals surface area contributed by atoms with Crippen LogP contribution in [0.1, 0.15) is 21.7 Å². The highest BCUT2D eigenvalue weighted by molar-refractivity contribution is 7.89. The van der Waals surface area contributed by atoms with Gasteiger partial charge in [-0.15, -0.1) is 0 Å². The van der Waals surface area contributed by atoms with Gasteiger partial charge in [-0.05, 0) is 42.0 Å². The molecule has 0 spiro atoms. The summed E-state index contributed by atoms with van der Waals surface area (Å²) in [6, 6.07) is 17.1. The fraction of sp³-hybridized carbons (Fsp3) is 0.182. The number of carbonyl (C=O) groups is 2. The van der Waals surface area contributed by atoms with E-state index in [2.05, 4.69) is 10.0 Å². The summed E-state index contributed by atoms with van der Waals surface area (Å²) in [7, 11) is -2.52. The predicted molar refractivity (Wildman–Crippen MR) is 113 cm³/mol. The SMILES string of the molecule is COC(=O)[C@H](Cc1ccccc1)NC(=O)c1ccc(S(=O)(=O)NCc2ccco2)cc1. The molecular weight excluding hydrogens is 420 g/mol. The van der Waals surface area contributed by atoms with Crippen LogP contribution in [0.15, 0.2) is 82.3 Å². The van der Waals surface area contributed by atoms with Crippen LogP contribution in [0, 0.1) is 0 Å². The van der Waals surface area contributed by atoms with E-state index in [0.717, 1.165) is 5.56 Å². The van der Waals surface area contributed by atoms with E-state index in [4.69, 9.17) is 9.15 Å². The van der Waals surface area contributed by atoms with E-state index in [1.807, 2.05) is 30.3 Å². The van der Waals surface area contributed by atoms with Crippen LogP contribution in [0.5, 0.6) is 0 Å². The summed E-state index contributed by atoms with van der Waals surface area (Å²) in [5, 5.41) is 2.64. The fourth-order valence-corrected chi connectivity index (χ4v) is 3.87. The van der Waals surface area contributed by atoms with Gasteiger partial charge in [-0.25, -0.2) is 17.9 Å². The first-order valence-corrected chi connectivity index (χ1v) is 10.9. The fourth-order valence-electron chi connectivity index (χ4n) is 2.88. The van der Waals surface area contributed by atoms with E-state index < -0.39 is 27.9 Å². The summed E-state index contributed by atoms with van der Waals surface area (Å²) >= 11 is 0. The third-order valence-electron chi connectivity index (χ3n) is 4.52. The van der Waals surface area contributed by atoms with E-state index in [9.17, 15) is 18.0 Å². The number of methoxy groups -OCH3 is 1. The average molecular weight is 442 g/mol. The highest BCUT2D eigenvalue weighted by Gasteiger charge is 2.23. The topological polar surface area (TPSA) is 115 Å². The maximum absolute atomic E-state index is 12.6. The zero-order valence-corrected chi connectivity index (χ0v) is 17.6. The van der Waals surface area contributed by atoms with Gasteiger partial charge in [0.05, 0.1) is 24.8 Å². The van der Waals surface area contributed by atoms with Crippen molar-refractivity contribution in [3.8, 4) is 0 Å². The minimum Gasteiger partial charge on any atom is -0.468 e. The molecule has 0 aliphatic heterocycles. The molecule has 0 aliphatic rings. The average Bonchev–Trinajstić information content (AvgIpc) is 3.31. The summed E-state index contributed by atoms with van der Waals surface area (Å²) in [5.41, 5.74) is 1.08. The molecule has 1 atom stereocenters. The molecule has 0 fully saturated rings. The van der Waals surface area contributed by atoms with Crippen molar-refractivity contribution in [2.45, 2.75) is 23.9 Å². The van der Waals surface area contributed by atoms with Gasteiger partial charge in [0.2, 0.25) is 10.0 Å². The number of hydrogen-bond donors (Lipinski definition) is 2. The Labute approximate surface area is 180 Å². The molecule has 0 saturated heterocycles.